The van der Waals surface area contributed by atoms with Crippen molar-refractivity contribution in [3.8, 4) is 0 Å². The zero-order chi connectivity index (χ0) is 21.5. The molecular weight excluding hydrogens is 513 g/mol. The van der Waals surface area contributed by atoms with Gasteiger partial charge in [0.25, 0.3) is 0 Å². The predicted octanol–water partition coefficient (Wildman–Crippen LogP) is 4.23. The average Bonchev–Trinajstić information content (AvgIpc) is 3.20. The number of guanidine groups is 1. The number of halogens is 1. The average molecular weight is 547 g/mol. The molecule has 6 nitrogen and oxygen atoms in total. The first-order chi connectivity index (χ1) is 15.2. The van der Waals surface area contributed by atoms with Crippen LogP contribution in [0, 0.1) is 6.92 Å². The standard InChI is InChI=1S/C25H33N5O.HI/c1-3-26-25(27-11-10-20-17-28-23-16-19(2)8-9-22(20)23)29-18-21-6-4-5-7-24(21)30-12-14-31-15-13-30;/h4-9,16-17,28H,3,10-15,18H2,1-2H3,(H2,26,27,29);1H. The molecule has 4 rings (SSSR count). The van der Waals surface area contributed by atoms with E-state index in [1.54, 1.807) is 0 Å². The van der Waals surface area contributed by atoms with E-state index >= 15 is 0 Å². The van der Waals surface area contributed by atoms with Crippen LogP contribution in [0.2, 0.25) is 0 Å². The number of ether oxygens (including phenoxy) is 1. The molecule has 1 saturated heterocycles. The van der Waals surface area contributed by atoms with Crippen LogP contribution >= 0.6 is 24.0 Å². The van der Waals surface area contributed by atoms with E-state index in [0.717, 1.165) is 51.8 Å². The van der Waals surface area contributed by atoms with E-state index in [1.165, 1.54) is 33.3 Å². The SMILES string of the molecule is CCNC(=NCc1ccccc1N1CCOCC1)NCCc1c[nH]c2cc(C)ccc12.I. The molecule has 1 aliphatic rings. The van der Waals surface area contributed by atoms with Gasteiger partial charge in [0, 0.05) is 49.0 Å². The number of nitrogens with one attached hydrogen (secondary N) is 3. The van der Waals surface area contributed by atoms with Crippen molar-refractivity contribution in [3.63, 3.8) is 0 Å². The minimum atomic E-state index is 0. The molecule has 3 aromatic rings. The van der Waals surface area contributed by atoms with Gasteiger partial charge in [-0.25, -0.2) is 4.99 Å². The number of hydrogen-bond donors (Lipinski definition) is 3. The summed E-state index contributed by atoms with van der Waals surface area (Å²) in [6, 6.07) is 15.1. The first-order valence-electron chi connectivity index (χ1n) is 11.2. The maximum atomic E-state index is 5.51. The Balaban J connectivity index is 0.00000289. The van der Waals surface area contributed by atoms with E-state index < -0.39 is 0 Å². The van der Waals surface area contributed by atoms with Gasteiger partial charge >= 0.3 is 0 Å². The molecule has 2 aromatic carbocycles. The molecular formula is C25H34IN5O. The quantitative estimate of drug-likeness (QED) is 0.236. The molecule has 1 fully saturated rings. The highest BCUT2D eigenvalue weighted by Gasteiger charge is 2.14. The summed E-state index contributed by atoms with van der Waals surface area (Å²) in [5.41, 5.74) is 6.32. The molecule has 7 heteroatoms. The number of aliphatic imine (C=N–C) groups is 1. The van der Waals surface area contributed by atoms with Gasteiger partial charge in [0.2, 0.25) is 0 Å². The number of aryl methyl sites for hydroxylation is 1. The number of anilines is 1. The van der Waals surface area contributed by atoms with Crippen LogP contribution in [0.1, 0.15) is 23.6 Å². The fourth-order valence-corrected chi connectivity index (χ4v) is 4.09. The highest BCUT2D eigenvalue weighted by molar-refractivity contribution is 14.0. The van der Waals surface area contributed by atoms with Crippen LogP contribution in [-0.4, -0.2) is 50.3 Å². The zero-order valence-electron chi connectivity index (χ0n) is 19.0. The summed E-state index contributed by atoms with van der Waals surface area (Å²) < 4.78 is 5.51. The van der Waals surface area contributed by atoms with Gasteiger partial charge in [-0.3, -0.25) is 0 Å². The number of hydrogen-bond acceptors (Lipinski definition) is 3. The van der Waals surface area contributed by atoms with Crippen molar-refractivity contribution in [2.24, 2.45) is 4.99 Å². The summed E-state index contributed by atoms with van der Waals surface area (Å²) in [7, 11) is 0. The first kappa shape index (κ1) is 24.4. The summed E-state index contributed by atoms with van der Waals surface area (Å²) in [4.78, 5) is 10.6. The maximum Gasteiger partial charge on any atom is 0.191 e. The number of aromatic nitrogens is 1. The highest BCUT2D eigenvalue weighted by Crippen LogP contribution is 2.22. The second-order valence-electron chi connectivity index (χ2n) is 7.96. The van der Waals surface area contributed by atoms with Crippen molar-refractivity contribution in [1.29, 1.82) is 0 Å². The van der Waals surface area contributed by atoms with E-state index in [-0.39, 0.29) is 24.0 Å². The second-order valence-corrected chi connectivity index (χ2v) is 7.96. The number of aromatic amines is 1. The lowest BCUT2D eigenvalue weighted by Gasteiger charge is -2.30. The summed E-state index contributed by atoms with van der Waals surface area (Å²) in [6.45, 7) is 9.98. The minimum absolute atomic E-state index is 0. The Morgan fingerprint density at radius 2 is 1.91 bits per heavy atom. The summed E-state index contributed by atoms with van der Waals surface area (Å²) in [5.74, 6) is 0.856. The normalized spacial score (nSPS) is 14.3. The Bertz CT molecular complexity index is 1030. The molecule has 0 aliphatic carbocycles. The first-order valence-corrected chi connectivity index (χ1v) is 11.2. The maximum absolute atomic E-state index is 5.51. The predicted molar refractivity (Wildman–Crippen MR) is 144 cm³/mol. The number of fused-ring (bicyclic) bond motifs is 1. The van der Waals surface area contributed by atoms with Gasteiger partial charge in [-0.05, 0) is 49.1 Å². The van der Waals surface area contributed by atoms with Crippen molar-refractivity contribution in [3.05, 3.63) is 65.4 Å². The number of rotatable bonds is 7. The summed E-state index contributed by atoms with van der Waals surface area (Å²) >= 11 is 0. The molecule has 0 bridgehead atoms. The molecule has 2 heterocycles. The highest BCUT2D eigenvalue weighted by atomic mass is 127. The molecule has 0 atom stereocenters. The number of morpholine rings is 1. The van der Waals surface area contributed by atoms with Crippen molar-refractivity contribution >= 4 is 46.5 Å². The van der Waals surface area contributed by atoms with Gasteiger partial charge in [-0.15, -0.1) is 24.0 Å². The molecule has 0 unspecified atom stereocenters. The number of H-pyrrole nitrogens is 1. The van der Waals surface area contributed by atoms with Crippen molar-refractivity contribution in [2.45, 2.75) is 26.8 Å². The van der Waals surface area contributed by atoms with Crippen LogP contribution in [-0.2, 0) is 17.7 Å². The Morgan fingerprint density at radius 1 is 1.09 bits per heavy atom. The fraction of sp³-hybridized carbons (Fsp3) is 0.400. The Kier molecular flexibility index (Phi) is 9.23. The van der Waals surface area contributed by atoms with Gasteiger partial charge in [0.1, 0.15) is 0 Å². The van der Waals surface area contributed by atoms with Crippen molar-refractivity contribution in [1.82, 2.24) is 15.6 Å². The second kappa shape index (κ2) is 12.1. The van der Waals surface area contributed by atoms with Crippen LogP contribution in [0.25, 0.3) is 10.9 Å². The molecule has 0 radical (unpaired) electrons. The number of para-hydroxylation sites is 1. The largest absolute Gasteiger partial charge is 0.378 e. The van der Waals surface area contributed by atoms with Crippen LogP contribution in [0.5, 0.6) is 0 Å². The zero-order valence-corrected chi connectivity index (χ0v) is 21.3. The van der Waals surface area contributed by atoms with E-state index in [9.17, 15) is 0 Å². The molecule has 1 aliphatic heterocycles. The van der Waals surface area contributed by atoms with Crippen LogP contribution in [0.4, 0.5) is 5.69 Å². The smallest absolute Gasteiger partial charge is 0.191 e. The van der Waals surface area contributed by atoms with Crippen LogP contribution in [0.15, 0.2) is 53.7 Å². The lowest BCUT2D eigenvalue weighted by Crippen LogP contribution is -2.38. The van der Waals surface area contributed by atoms with E-state index in [0.29, 0.717) is 6.54 Å². The number of benzene rings is 2. The van der Waals surface area contributed by atoms with Gasteiger partial charge in [0.05, 0.1) is 19.8 Å². The monoisotopic (exact) mass is 547 g/mol. The molecule has 1 aromatic heterocycles. The van der Waals surface area contributed by atoms with Crippen LogP contribution < -0.4 is 15.5 Å². The summed E-state index contributed by atoms with van der Waals surface area (Å²) in [6.07, 6.45) is 3.06. The molecule has 0 amide bonds. The number of nitrogens with zero attached hydrogens (tertiary/aromatic N) is 2. The molecule has 0 saturated carbocycles. The van der Waals surface area contributed by atoms with Gasteiger partial charge in [-0.1, -0.05) is 30.3 Å². The Morgan fingerprint density at radius 3 is 2.72 bits per heavy atom. The molecule has 32 heavy (non-hydrogen) atoms. The third kappa shape index (κ3) is 6.16. The molecule has 172 valence electrons. The van der Waals surface area contributed by atoms with Gasteiger partial charge < -0.3 is 25.3 Å². The van der Waals surface area contributed by atoms with E-state index in [1.807, 2.05) is 0 Å². The molecule has 0 spiro atoms. The van der Waals surface area contributed by atoms with E-state index in [4.69, 9.17) is 9.73 Å². The third-order valence-corrected chi connectivity index (χ3v) is 5.70. The van der Waals surface area contributed by atoms with Crippen molar-refractivity contribution < 1.29 is 4.74 Å². The Hall–Kier alpha value is -2.26. The van der Waals surface area contributed by atoms with E-state index in [2.05, 4.69) is 83.0 Å². The summed E-state index contributed by atoms with van der Waals surface area (Å²) in [5, 5.41) is 8.17. The third-order valence-electron chi connectivity index (χ3n) is 5.70. The Labute approximate surface area is 207 Å². The topological polar surface area (TPSA) is 64.7 Å². The van der Waals surface area contributed by atoms with Crippen LogP contribution in [0.3, 0.4) is 0 Å². The molecule has 3 N–H and O–H groups in total. The fourth-order valence-electron chi connectivity index (χ4n) is 4.09. The van der Waals surface area contributed by atoms with Gasteiger partial charge in [-0.2, -0.15) is 0 Å². The van der Waals surface area contributed by atoms with Gasteiger partial charge in [0.15, 0.2) is 5.96 Å². The minimum Gasteiger partial charge on any atom is -0.378 e. The van der Waals surface area contributed by atoms with Crippen molar-refractivity contribution in [2.75, 3.05) is 44.3 Å². The lowest BCUT2D eigenvalue weighted by molar-refractivity contribution is 0.122. The lowest BCUT2D eigenvalue weighted by atomic mass is 10.1.